The highest BCUT2D eigenvalue weighted by Crippen LogP contribution is 2.32. The average molecular weight is 280 g/mol. The van der Waals surface area contributed by atoms with Crippen LogP contribution in [0.4, 0.5) is 0 Å². The van der Waals surface area contributed by atoms with Crippen LogP contribution in [0.5, 0.6) is 0 Å². The predicted octanol–water partition coefficient (Wildman–Crippen LogP) is 3.54. The largest absolute Gasteiger partial charge is 0.325 e. The van der Waals surface area contributed by atoms with Crippen LogP contribution in [0, 0.1) is 11.8 Å². The minimum atomic E-state index is 0.0179. The Morgan fingerprint density at radius 3 is 2.60 bits per heavy atom. The molecule has 0 bridgehead atoms. The summed E-state index contributed by atoms with van der Waals surface area (Å²) in [6.45, 7) is 7.51. The number of hydrogen-bond acceptors (Lipinski definition) is 2. The van der Waals surface area contributed by atoms with Crippen LogP contribution in [0.1, 0.15) is 72.1 Å². The Labute approximate surface area is 124 Å². The standard InChI is InChI=1S/C17H32N2O/c1-4-6-9-14(5-2)12-19-16(15-10-7-8-11-15)18-13(3)17(19)20/h13-16,18H,4-12H2,1-3H3. The van der Waals surface area contributed by atoms with Crippen molar-refractivity contribution in [3.8, 4) is 0 Å². The molecule has 1 aliphatic carbocycles. The monoisotopic (exact) mass is 280 g/mol. The predicted molar refractivity (Wildman–Crippen MR) is 83.4 cm³/mol. The first kappa shape index (κ1) is 15.8. The lowest BCUT2D eigenvalue weighted by molar-refractivity contribution is -0.131. The molecular formula is C17H32N2O. The van der Waals surface area contributed by atoms with Crippen molar-refractivity contribution in [2.24, 2.45) is 11.8 Å². The van der Waals surface area contributed by atoms with Gasteiger partial charge >= 0.3 is 0 Å². The van der Waals surface area contributed by atoms with Crippen LogP contribution in [-0.2, 0) is 4.79 Å². The summed E-state index contributed by atoms with van der Waals surface area (Å²) in [5.41, 5.74) is 0. The van der Waals surface area contributed by atoms with Gasteiger partial charge in [0.1, 0.15) is 0 Å². The molecule has 1 saturated heterocycles. The van der Waals surface area contributed by atoms with Gasteiger partial charge in [-0.1, -0.05) is 46.0 Å². The Morgan fingerprint density at radius 1 is 1.30 bits per heavy atom. The highest BCUT2D eigenvalue weighted by atomic mass is 16.2. The molecule has 20 heavy (non-hydrogen) atoms. The quantitative estimate of drug-likeness (QED) is 0.773. The van der Waals surface area contributed by atoms with Crippen LogP contribution in [0.15, 0.2) is 0 Å². The number of nitrogens with one attached hydrogen (secondary N) is 1. The van der Waals surface area contributed by atoms with Gasteiger partial charge in [0.05, 0.1) is 12.2 Å². The second-order valence-electron chi connectivity index (χ2n) is 6.78. The first-order valence-electron chi connectivity index (χ1n) is 8.73. The Bertz CT molecular complexity index is 312. The summed E-state index contributed by atoms with van der Waals surface area (Å²) in [5.74, 6) is 1.69. The topological polar surface area (TPSA) is 32.3 Å². The zero-order valence-electron chi connectivity index (χ0n) is 13.5. The lowest BCUT2D eigenvalue weighted by atomic mass is 9.97. The van der Waals surface area contributed by atoms with Gasteiger partial charge in [0.25, 0.3) is 0 Å². The number of carbonyl (C=O) groups excluding carboxylic acids is 1. The van der Waals surface area contributed by atoms with E-state index in [9.17, 15) is 4.79 Å². The third kappa shape index (κ3) is 3.55. The van der Waals surface area contributed by atoms with Gasteiger partial charge in [-0.15, -0.1) is 0 Å². The second-order valence-corrected chi connectivity index (χ2v) is 6.78. The molecule has 2 fully saturated rings. The van der Waals surface area contributed by atoms with Crippen LogP contribution in [0.3, 0.4) is 0 Å². The molecular weight excluding hydrogens is 248 g/mol. The van der Waals surface area contributed by atoms with Crippen LogP contribution in [0.2, 0.25) is 0 Å². The molecule has 3 unspecified atom stereocenters. The van der Waals surface area contributed by atoms with E-state index in [4.69, 9.17) is 0 Å². The van der Waals surface area contributed by atoms with Gasteiger partial charge in [-0.2, -0.15) is 0 Å². The Balaban J connectivity index is 1.98. The molecule has 1 heterocycles. The van der Waals surface area contributed by atoms with Crippen LogP contribution in [0.25, 0.3) is 0 Å². The third-order valence-electron chi connectivity index (χ3n) is 5.25. The molecule has 3 nitrogen and oxygen atoms in total. The van der Waals surface area contributed by atoms with Gasteiger partial charge in [0, 0.05) is 6.54 Å². The molecule has 0 radical (unpaired) electrons. The third-order valence-corrected chi connectivity index (χ3v) is 5.25. The van der Waals surface area contributed by atoms with Crippen LogP contribution < -0.4 is 5.32 Å². The maximum absolute atomic E-state index is 12.5. The minimum Gasteiger partial charge on any atom is -0.325 e. The lowest BCUT2D eigenvalue weighted by Crippen LogP contribution is -2.44. The highest BCUT2D eigenvalue weighted by molar-refractivity contribution is 5.84. The summed E-state index contributed by atoms with van der Waals surface area (Å²) >= 11 is 0. The van der Waals surface area contributed by atoms with E-state index in [2.05, 4.69) is 24.1 Å². The molecule has 0 aromatic carbocycles. The van der Waals surface area contributed by atoms with Gasteiger partial charge in [0.15, 0.2) is 0 Å². The summed E-state index contributed by atoms with van der Waals surface area (Å²) in [7, 11) is 0. The average Bonchev–Trinajstić information content (AvgIpc) is 3.06. The smallest absolute Gasteiger partial charge is 0.240 e. The Morgan fingerprint density at radius 2 is 2.00 bits per heavy atom. The maximum atomic E-state index is 12.5. The Kier molecular flexibility index (Phi) is 5.88. The van der Waals surface area contributed by atoms with E-state index >= 15 is 0 Å². The molecule has 1 amide bonds. The molecule has 2 aliphatic rings. The summed E-state index contributed by atoms with van der Waals surface area (Å²) in [5, 5.41) is 3.56. The molecule has 1 aliphatic heterocycles. The second kappa shape index (κ2) is 7.44. The van der Waals surface area contributed by atoms with Gasteiger partial charge in [-0.05, 0) is 38.0 Å². The van der Waals surface area contributed by atoms with Crippen molar-refractivity contribution in [2.75, 3.05) is 6.54 Å². The first-order chi connectivity index (χ1) is 9.67. The highest BCUT2D eigenvalue weighted by Gasteiger charge is 2.41. The van der Waals surface area contributed by atoms with Gasteiger partial charge < -0.3 is 4.90 Å². The zero-order chi connectivity index (χ0) is 14.5. The van der Waals surface area contributed by atoms with E-state index in [0.29, 0.717) is 23.9 Å². The van der Waals surface area contributed by atoms with Gasteiger partial charge in [-0.25, -0.2) is 0 Å². The molecule has 116 valence electrons. The Hall–Kier alpha value is -0.570. The van der Waals surface area contributed by atoms with E-state index in [0.717, 1.165) is 6.54 Å². The zero-order valence-corrected chi connectivity index (χ0v) is 13.5. The SMILES string of the molecule is CCCCC(CC)CN1C(=O)C(C)NC1C1CCCC1. The molecule has 1 N–H and O–H groups in total. The lowest BCUT2D eigenvalue weighted by Gasteiger charge is -2.32. The number of hydrogen-bond donors (Lipinski definition) is 1. The summed E-state index contributed by atoms with van der Waals surface area (Å²) in [4.78, 5) is 14.6. The number of nitrogens with zero attached hydrogens (tertiary/aromatic N) is 1. The molecule has 3 atom stereocenters. The van der Waals surface area contributed by atoms with E-state index in [1.807, 2.05) is 6.92 Å². The van der Waals surface area contributed by atoms with Crippen molar-refractivity contribution in [2.45, 2.75) is 84.3 Å². The van der Waals surface area contributed by atoms with Crippen molar-refractivity contribution in [3.63, 3.8) is 0 Å². The van der Waals surface area contributed by atoms with Crippen LogP contribution in [-0.4, -0.2) is 29.6 Å². The van der Waals surface area contributed by atoms with Gasteiger partial charge in [0.2, 0.25) is 5.91 Å². The summed E-state index contributed by atoms with van der Waals surface area (Å²) in [6, 6.07) is 0.0179. The molecule has 0 aromatic rings. The fourth-order valence-corrected chi connectivity index (χ4v) is 3.87. The summed E-state index contributed by atoms with van der Waals surface area (Å²) < 4.78 is 0. The van der Waals surface area contributed by atoms with Crippen LogP contribution >= 0.6 is 0 Å². The van der Waals surface area contributed by atoms with Crippen molar-refractivity contribution in [1.29, 1.82) is 0 Å². The normalized spacial score (nSPS) is 29.4. The van der Waals surface area contributed by atoms with Crippen molar-refractivity contribution < 1.29 is 4.79 Å². The van der Waals surface area contributed by atoms with E-state index in [-0.39, 0.29) is 6.04 Å². The molecule has 1 saturated carbocycles. The molecule has 0 aromatic heterocycles. The molecule has 3 heteroatoms. The van der Waals surface area contributed by atoms with Gasteiger partial charge in [-0.3, -0.25) is 10.1 Å². The fourth-order valence-electron chi connectivity index (χ4n) is 3.87. The van der Waals surface area contributed by atoms with E-state index in [1.54, 1.807) is 0 Å². The first-order valence-corrected chi connectivity index (χ1v) is 8.73. The van der Waals surface area contributed by atoms with Crippen molar-refractivity contribution in [1.82, 2.24) is 10.2 Å². The number of unbranched alkanes of at least 4 members (excludes halogenated alkanes) is 1. The number of carbonyl (C=O) groups is 1. The maximum Gasteiger partial charge on any atom is 0.240 e. The fraction of sp³-hybridized carbons (Fsp3) is 0.941. The number of rotatable bonds is 7. The van der Waals surface area contributed by atoms with E-state index in [1.165, 1.54) is 51.4 Å². The van der Waals surface area contributed by atoms with E-state index < -0.39 is 0 Å². The minimum absolute atomic E-state index is 0.0179. The number of amides is 1. The van der Waals surface area contributed by atoms with Crippen molar-refractivity contribution in [3.05, 3.63) is 0 Å². The molecule has 2 rings (SSSR count). The van der Waals surface area contributed by atoms with Crippen molar-refractivity contribution >= 4 is 5.91 Å². The summed E-state index contributed by atoms with van der Waals surface area (Å²) in [6.07, 6.45) is 10.6. The molecule has 0 spiro atoms.